The van der Waals surface area contributed by atoms with Gasteiger partial charge in [-0.05, 0) is 30.2 Å². The molecular formula is C18H16ClFN2OS. The van der Waals surface area contributed by atoms with E-state index in [2.05, 4.69) is 4.99 Å². The van der Waals surface area contributed by atoms with E-state index >= 15 is 0 Å². The van der Waals surface area contributed by atoms with Crippen LogP contribution in [0, 0.1) is 5.82 Å². The van der Waals surface area contributed by atoms with Gasteiger partial charge in [-0.15, -0.1) is 0 Å². The number of nitrogens with zero attached hydrogens (tertiary/aromatic N) is 2. The highest BCUT2D eigenvalue weighted by atomic mass is 35.5. The van der Waals surface area contributed by atoms with Crippen molar-refractivity contribution in [3.63, 3.8) is 0 Å². The molecule has 1 fully saturated rings. The van der Waals surface area contributed by atoms with Crippen LogP contribution < -0.4 is 0 Å². The molecule has 0 bridgehead atoms. The van der Waals surface area contributed by atoms with E-state index in [4.69, 9.17) is 11.6 Å². The first-order chi connectivity index (χ1) is 11.6. The number of halogens is 2. The van der Waals surface area contributed by atoms with Gasteiger partial charge in [-0.3, -0.25) is 9.69 Å². The van der Waals surface area contributed by atoms with Crippen LogP contribution in [0.25, 0.3) is 0 Å². The molecule has 124 valence electrons. The Morgan fingerprint density at radius 3 is 2.75 bits per heavy atom. The van der Waals surface area contributed by atoms with E-state index in [9.17, 15) is 9.18 Å². The molecule has 1 heterocycles. The number of aryl methyl sites for hydroxylation is 1. The topological polar surface area (TPSA) is 32.7 Å². The Hall–Kier alpha value is -1.85. The van der Waals surface area contributed by atoms with Gasteiger partial charge in [-0.2, -0.15) is 0 Å². The summed E-state index contributed by atoms with van der Waals surface area (Å²) in [5.74, 6) is 0.481. The molecule has 2 aromatic carbocycles. The summed E-state index contributed by atoms with van der Waals surface area (Å²) >= 11 is 7.66. The molecule has 1 amide bonds. The van der Waals surface area contributed by atoms with Crippen molar-refractivity contribution in [2.24, 2.45) is 4.99 Å². The summed E-state index contributed by atoms with van der Waals surface area (Å²) in [5, 5.41) is 1.21. The number of carbonyl (C=O) groups excluding carboxylic acids is 1. The number of benzene rings is 2. The summed E-state index contributed by atoms with van der Waals surface area (Å²) in [4.78, 5) is 18.7. The first-order valence-electron chi connectivity index (χ1n) is 7.65. The van der Waals surface area contributed by atoms with E-state index in [0.717, 1.165) is 5.75 Å². The van der Waals surface area contributed by atoms with Crippen molar-refractivity contribution >= 4 is 40.1 Å². The zero-order valence-corrected chi connectivity index (χ0v) is 14.5. The number of hydrogen-bond donors (Lipinski definition) is 0. The Bertz CT molecular complexity index is 781. The number of rotatable bonds is 4. The minimum absolute atomic E-state index is 0.0472. The number of thioether (sulfide) groups is 1. The Morgan fingerprint density at radius 2 is 1.96 bits per heavy atom. The van der Waals surface area contributed by atoms with Gasteiger partial charge < -0.3 is 0 Å². The molecule has 0 atom stereocenters. The van der Waals surface area contributed by atoms with Crippen molar-refractivity contribution in [1.82, 2.24) is 4.90 Å². The third-order valence-corrected chi connectivity index (χ3v) is 4.99. The fraction of sp³-hybridized carbons (Fsp3) is 0.222. The van der Waals surface area contributed by atoms with Crippen molar-refractivity contribution in [2.75, 3.05) is 12.3 Å². The molecular weight excluding hydrogens is 347 g/mol. The predicted molar refractivity (Wildman–Crippen MR) is 97.4 cm³/mol. The molecule has 1 aliphatic heterocycles. The fourth-order valence-corrected chi connectivity index (χ4v) is 3.60. The normalized spacial score (nSPS) is 15.9. The van der Waals surface area contributed by atoms with Gasteiger partial charge in [0.2, 0.25) is 5.91 Å². The monoisotopic (exact) mass is 362 g/mol. The average Bonchev–Trinajstić information content (AvgIpc) is 3.04. The number of para-hydroxylation sites is 1. The lowest BCUT2D eigenvalue weighted by Gasteiger charge is -2.16. The second kappa shape index (κ2) is 7.81. The summed E-state index contributed by atoms with van der Waals surface area (Å²) in [6.45, 7) is 0.615. The standard InChI is InChI=1S/C18H16ClFN2OS/c19-14-6-2-4-8-16(14)21-18-22(11-12-24-18)17(23)10-9-13-5-1-3-7-15(13)20/h1-8H,9-12H2. The minimum atomic E-state index is -0.272. The smallest absolute Gasteiger partial charge is 0.228 e. The molecule has 0 saturated carbocycles. The molecule has 6 heteroatoms. The second-order valence-corrected chi connectivity index (χ2v) is 6.80. The predicted octanol–water partition coefficient (Wildman–Crippen LogP) is 4.67. The summed E-state index contributed by atoms with van der Waals surface area (Å²) in [6.07, 6.45) is 0.634. The van der Waals surface area contributed by atoms with E-state index in [1.807, 2.05) is 18.2 Å². The molecule has 1 saturated heterocycles. The van der Waals surface area contributed by atoms with Gasteiger partial charge in [0.25, 0.3) is 0 Å². The first-order valence-corrected chi connectivity index (χ1v) is 9.01. The van der Waals surface area contributed by atoms with Crippen LogP contribution in [0.2, 0.25) is 5.02 Å². The van der Waals surface area contributed by atoms with Crippen LogP contribution in [0.4, 0.5) is 10.1 Å². The van der Waals surface area contributed by atoms with E-state index in [0.29, 0.717) is 34.4 Å². The Labute approximate surface area is 149 Å². The van der Waals surface area contributed by atoms with E-state index < -0.39 is 0 Å². The molecule has 0 aliphatic carbocycles. The first kappa shape index (κ1) is 17.0. The number of hydrogen-bond acceptors (Lipinski definition) is 3. The van der Waals surface area contributed by atoms with Gasteiger partial charge in [-0.25, -0.2) is 9.38 Å². The van der Waals surface area contributed by atoms with Gasteiger partial charge >= 0.3 is 0 Å². The highest BCUT2D eigenvalue weighted by molar-refractivity contribution is 8.14. The van der Waals surface area contributed by atoms with Crippen LogP contribution in [0.3, 0.4) is 0 Å². The average molecular weight is 363 g/mol. The Kier molecular flexibility index (Phi) is 5.53. The SMILES string of the molecule is O=C(CCc1ccccc1F)N1CCSC1=Nc1ccccc1Cl. The molecule has 0 spiro atoms. The molecule has 3 rings (SSSR count). The highest BCUT2D eigenvalue weighted by Gasteiger charge is 2.25. The van der Waals surface area contributed by atoms with Crippen LogP contribution in [-0.4, -0.2) is 28.3 Å². The highest BCUT2D eigenvalue weighted by Crippen LogP contribution is 2.28. The zero-order chi connectivity index (χ0) is 16.9. The summed E-state index contributed by atoms with van der Waals surface area (Å²) < 4.78 is 13.7. The van der Waals surface area contributed by atoms with Crippen LogP contribution in [-0.2, 0) is 11.2 Å². The molecule has 0 N–H and O–H groups in total. The molecule has 2 aromatic rings. The largest absolute Gasteiger partial charge is 0.290 e. The van der Waals surface area contributed by atoms with Gasteiger partial charge in [0.05, 0.1) is 10.7 Å². The summed E-state index contributed by atoms with van der Waals surface area (Å²) in [6, 6.07) is 13.8. The summed E-state index contributed by atoms with van der Waals surface area (Å²) in [7, 11) is 0. The van der Waals surface area contributed by atoms with Gasteiger partial charge in [0.15, 0.2) is 5.17 Å². The molecule has 3 nitrogen and oxygen atoms in total. The van der Waals surface area contributed by atoms with Crippen molar-refractivity contribution in [2.45, 2.75) is 12.8 Å². The van der Waals surface area contributed by atoms with Crippen LogP contribution in [0.15, 0.2) is 53.5 Å². The zero-order valence-electron chi connectivity index (χ0n) is 12.9. The van der Waals surface area contributed by atoms with E-state index in [-0.39, 0.29) is 18.1 Å². The fourth-order valence-electron chi connectivity index (χ4n) is 2.45. The third-order valence-electron chi connectivity index (χ3n) is 3.71. The van der Waals surface area contributed by atoms with Gasteiger partial charge in [0, 0.05) is 18.7 Å². The van der Waals surface area contributed by atoms with Gasteiger partial charge in [-0.1, -0.05) is 53.7 Å². The summed E-state index contributed by atoms with van der Waals surface area (Å²) in [5.41, 5.74) is 1.21. The molecule has 1 aliphatic rings. The lowest BCUT2D eigenvalue weighted by molar-refractivity contribution is -0.126. The lowest BCUT2D eigenvalue weighted by Crippen LogP contribution is -2.31. The lowest BCUT2D eigenvalue weighted by atomic mass is 10.1. The number of carbonyl (C=O) groups is 1. The maximum atomic E-state index is 13.7. The quantitative estimate of drug-likeness (QED) is 0.791. The van der Waals surface area contributed by atoms with Crippen molar-refractivity contribution in [3.05, 3.63) is 64.9 Å². The number of aliphatic imine (C=N–C) groups is 1. The van der Waals surface area contributed by atoms with Crippen LogP contribution >= 0.6 is 23.4 Å². The minimum Gasteiger partial charge on any atom is -0.290 e. The molecule has 24 heavy (non-hydrogen) atoms. The molecule has 0 unspecified atom stereocenters. The second-order valence-electron chi connectivity index (χ2n) is 5.33. The maximum Gasteiger partial charge on any atom is 0.228 e. The number of amides is 1. The molecule has 0 radical (unpaired) electrons. The number of amidine groups is 1. The maximum absolute atomic E-state index is 13.7. The molecule has 0 aromatic heterocycles. The van der Waals surface area contributed by atoms with Crippen LogP contribution in [0.5, 0.6) is 0 Å². The van der Waals surface area contributed by atoms with E-state index in [1.165, 1.54) is 17.8 Å². The van der Waals surface area contributed by atoms with Gasteiger partial charge in [0.1, 0.15) is 5.82 Å². The van der Waals surface area contributed by atoms with Crippen molar-refractivity contribution in [1.29, 1.82) is 0 Å². The van der Waals surface area contributed by atoms with E-state index in [1.54, 1.807) is 29.2 Å². The van der Waals surface area contributed by atoms with Crippen molar-refractivity contribution in [3.8, 4) is 0 Å². The van der Waals surface area contributed by atoms with Crippen LogP contribution in [0.1, 0.15) is 12.0 Å². The third kappa shape index (κ3) is 3.97. The Balaban J connectivity index is 1.70. The van der Waals surface area contributed by atoms with Crippen molar-refractivity contribution < 1.29 is 9.18 Å². The Morgan fingerprint density at radius 1 is 1.21 bits per heavy atom.